The van der Waals surface area contributed by atoms with Crippen molar-refractivity contribution >= 4 is 5.95 Å². The molecule has 1 rings (SSSR count). The van der Waals surface area contributed by atoms with Crippen LogP contribution in [-0.4, -0.2) is 36.3 Å². The number of nitrogens with zero attached hydrogens (tertiary/aromatic N) is 2. The van der Waals surface area contributed by atoms with Gasteiger partial charge < -0.3 is 14.8 Å². The van der Waals surface area contributed by atoms with Crippen LogP contribution in [-0.2, 0) is 4.74 Å². The summed E-state index contributed by atoms with van der Waals surface area (Å²) in [5.41, 5.74) is -0.233. The van der Waals surface area contributed by atoms with E-state index in [1.165, 1.54) is 0 Å². The number of methoxy groups -OCH3 is 2. The molecule has 1 aromatic rings. The third-order valence-electron chi connectivity index (χ3n) is 2.09. The summed E-state index contributed by atoms with van der Waals surface area (Å²) in [6.07, 6.45) is 3.24. The average molecular weight is 211 g/mol. The molecule has 0 aromatic carbocycles. The first-order valence-electron chi connectivity index (χ1n) is 4.72. The highest BCUT2D eigenvalue weighted by molar-refractivity contribution is 5.27. The molecule has 84 valence electrons. The van der Waals surface area contributed by atoms with Crippen LogP contribution in [0.1, 0.15) is 13.8 Å². The predicted octanol–water partition coefficient (Wildman–Crippen LogP) is 1.32. The second-order valence-corrected chi connectivity index (χ2v) is 3.76. The van der Waals surface area contributed by atoms with Crippen LogP contribution in [0.2, 0.25) is 0 Å². The van der Waals surface area contributed by atoms with E-state index in [9.17, 15) is 0 Å². The predicted molar refractivity (Wildman–Crippen MR) is 58.2 cm³/mol. The number of rotatable bonds is 5. The van der Waals surface area contributed by atoms with Crippen LogP contribution in [0.3, 0.4) is 0 Å². The SMILES string of the molecule is COc1cnc(NCC(C)(C)OC)nc1. The summed E-state index contributed by atoms with van der Waals surface area (Å²) in [6.45, 7) is 4.63. The zero-order chi connectivity index (χ0) is 11.3. The zero-order valence-electron chi connectivity index (χ0n) is 9.57. The summed E-state index contributed by atoms with van der Waals surface area (Å²) in [5.74, 6) is 1.22. The van der Waals surface area contributed by atoms with Crippen LogP contribution in [0.4, 0.5) is 5.95 Å². The van der Waals surface area contributed by atoms with Crippen LogP contribution < -0.4 is 10.1 Å². The number of hydrogen-bond acceptors (Lipinski definition) is 5. The molecule has 5 heteroatoms. The van der Waals surface area contributed by atoms with Crippen molar-refractivity contribution in [3.63, 3.8) is 0 Å². The molecular weight excluding hydrogens is 194 g/mol. The van der Waals surface area contributed by atoms with Crippen molar-refractivity contribution in [3.8, 4) is 5.75 Å². The Kier molecular flexibility index (Phi) is 3.85. The van der Waals surface area contributed by atoms with Crippen molar-refractivity contribution in [2.45, 2.75) is 19.4 Å². The molecule has 0 aliphatic carbocycles. The quantitative estimate of drug-likeness (QED) is 0.796. The summed E-state index contributed by atoms with van der Waals surface area (Å²) in [7, 11) is 3.26. The minimum atomic E-state index is -0.233. The van der Waals surface area contributed by atoms with Gasteiger partial charge in [0, 0.05) is 13.7 Å². The van der Waals surface area contributed by atoms with Gasteiger partial charge in [-0.05, 0) is 13.8 Å². The number of hydrogen-bond donors (Lipinski definition) is 1. The Balaban J connectivity index is 2.51. The first-order chi connectivity index (χ1) is 7.07. The number of nitrogens with one attached hydrogen (secondary N) is 1. The van der Waals surface area contributed by atoms with Crippen molar-refractivity contribution < 1.29 is 9.47 Å². The van der Waals surface area contributed by atoms with Crippen molar-refractivity contribution in [3.05, 3.63) is 12.4 Å². The van der Waals surface area contributed by atoms with Gasteiger partial charge in [-0.2, -0.15) is 0 Å². The van der Waals surface area contributed by atoms with Crippen LogP contribution in [0.15, 0.2) is 12.4 Å². The molecule has 1 N–H and O–H groups in total. The van der Waals surface area contributed by atoms with Crippen LogP contribution in [0.5, 0.6) is 5.75 Å². The molecule has 0 bridgehead atoms. The zero-order valence-corrected chi connectivity index (χ0v) is 9.57. The summed E-state index contributed by atoms with van der Waals surface area (Å²) in [5, 5.41) is 3.08. The third kappa shape index (κ3) is 3.71. The summed E-state index contributed by atoms with van der Waals surface area (Å²) in [4.78, 5) is 8.17. The van der Waals surface area contributed by atoms with E-state index >= 15 is 0 Å². The van der Waals surface area contributed by atoms with Gasteiger partial charge in [-0.25, -0.2) is 9.97 Å². The molecule has 1 heterocycles. The van der Waals surface area contributed by atoms with E-state index in [1.807, 2.05) is 13.8 Å². The lowest BCUT2D eigenvalue weighted by molar-refractivity contribution is 0.0342. The Morgan fingerprint density at radius 1 is 1.27 bits per heavy atom. The molecule has 0 aliphatic heterocycles. The maximum Gasteiger partial charge on any atom is 0.222 e. The summed E-state index contributed by atoms with van der Waals surface area (Å²) >= 11 is 0. The lowest BCUT2D eigenvalue weighted by Gasteiger charge is -2.22. The van der Waals surface area contributed by atoms with Gasteiger partial charge in [0.1, 0.15) is 0 Å². The molecule has 0 atom stereocenters. The van der Waals surface area contributed by atoms with E-state index in [0.29, 0.717) is 18.2 Å². The number of ether oxygens (including phenoxy) is 2. The van der Waals surface area contributed by atoms with Gasteiger partial charge in [0.15, 0.2) is 5.75 Å². The molecule has 0 fully saturated rings. The highest BCUT2D eigenvalue weighted by atomic mass is 16.5. The molecule has 15 heavy (non-hydrogen) atoms. The highest BCUT2D eigenvalue weighted by Gasteiger charge is 2.15. The van der Waals surface area contributed by atoms with Gasteiger partial charge in [-0.3, -0.25) is 0 Å². The Hall–Kier alpha value is -1.36. The Bertz CT molecular complexity index is 298. The van der Waals surface area contributed by atoms with E-state index in [-0.39, 0.29) is 5.60 Å². The van der Waals surface area contributed by atoms with Crippen molar-refractivity contribution in [1.82, 2.24) is 9.97 Å². The van der Waals surface area contributed by atoms with Crippen molar-refractivity contribution in [1.29, 1.82) is 0 Å². The fraction of sp³-hybridized carbons (Fsp3) is 0.600. The molecule has 1 aromatic heterocycles. The fourth-order valence-electron chi connectivity index (χ4n) is 0.877. The topological polar surface area (TPSA) is 56.3 Å². The first kappa shape index (κ1) is 11.7. The van der Waals surface area contributed by atoms with Crippen LogP contribution in [0.25, 0.3) is 0 Å². The lowest BCUT2D eigenvalue weighted by atomic mass is 10.1. The molecule has 5 nitrogen and oxygen atoms in total. The smallest absolute Gasteiger partial charge is 0.222 e. The molecule has 0 saturated heterocycles. The monoisotopic (exact) mass is 211 g/mol. The lowest BCUT2D eigenvalue weighted by Crippen LogP contribution is -2.32. The van der Waals surface area contributed by atoms with Crippen LogP contribution in [0, 0.1) is 0 Å². The largest absolute Gasteiger partial charge is 0.494 e. The maximum absolute atomic E-state index is 5.26. The third-order valence-corrected chi connectivity index (χ3v) is 2.09. The highest BCUT2D eigenvalue weighted by Crippen LogP contribution is 2.10. The minimum Gasteiger partial charge on any atom is -0.494 e. The second-order valence-electron chi connectivity index (χ2n) is 3.76. The number of aromatic nitrogens is 2. The van der Waals surface area contributed by atoms with Gasteiger partial charge >= 0.3 is 0 Å². The summed E-state index contributed by atoms with van der Waals surface area (Å²) < 4.78 is 10.2. The van der Waals surface area contributed by atoms with Gasteiger partial charge in [-0.1, -0.05) is 0 Å². The first-order valence-corrected chi connectivity index (χ1v) is 4.72. The van der Waals surface area contributed by atoms with E-state index in [0.717, 1.165) is 0 Å². The van der Waals surface area contributed by atoms with E-state index in [4.69, 9.17) is 9.47 Å². The summed E-state index contributed by atoms with van der Waals surface area (Å²) in [6, 6.07) is 0. The molecule has 0 radical (unpaired) electrons. The number of anilines is 1. The van der Waals surface area contributed by atoms with Gasteiger partial charge in [-0.15, -0.1) is 0 Å². The van der Waals surface area contributed by atoms with Gasteiger partial charge in [0.2, 0.25) is 5.95 Å². The second kappa shape index (κ2) is 4.93. The molecule has 0 spiro atoms. The molecular formula is C10H17N3O2. The normalized spacial score (nSPS) is 11.2. The van der Waals surface area contributed by atoms with Crippen molar-refractivity contribution in [2.75, 3.05) is 26.1 Å². The Labute approximate surface area is 89.8 Å². The Morgan fingerprint density at radius 3 is 2.33 bits per heavy atom. The molecule has 0 unspecified atom stereocenters. The minimum absolute atomic E-state index is 0.233. The standard InChI is InChI=1S/C10H17N3O2/c1-10(2,15-4)7-13-9-11-5-8(14-3)6-12-9/h5-6H,7H2,1-4H3,(H,11,12,13). The molecule has 0 saturated carbocycles. The molecule has 0 aliphatic rings. The van der Waals surface area contributed by atoms with Gasteiger partial charge in [0.05, 0.1) is 25.1 Å². The van der Waals surface area contributed by atoms with Gasteiger partial charge in [0.25, 0.3) is 0 Å². The average Bonchev–Trinajstić information content (AvgIpc) is 2.27. The van der Waals surface area contributed by atoms with E-state index < -0.39 is 0 Å². The van der Waals surface area contributed by atoms with E-state index in [1.54, 1.807) is 26.6 Å². The van der Waals surface area contributed by atoms with Crippen molar-refractivity contribution in [2.24, 2.45) is 0 Å². The maximum atomic E-state index is 5.26. The fourth-order valence-corrected chi connectivity index (χ4v) is 0.877. The van der Waals surface area contributed by atoms with E-state index in [2.05, 4.69) is 15.3 Å². The molecule has 0 amide bonds. The Morgan fingerprint density at radius 2 is 1.87 bits per heavy atom. The van der Waals surface area contributed by atoms with Crippen LogP contribution >= 0.6 is 0 Å².